The summed E-state index contributed by atoms with van der Waals surface area (Å²) in [6, 6.07) is 3.31. The third-order valence-corrected chi connectivity index (χ3v) is 3.26. The summed E-state index contributed by atoms with van der Waals surface area (Å²) in [7, 11) is 0. The average Bonchev–Trinajstić information content (AvgIpc) is 2.97. The molecule has 104 valence electrons. The van der Waals surface area contributed by atoms with Crippen molar-refractivity contribution in [2.75, 3.05) is 10.6 Å². The lowest BCUT2D eigenvalue weighted by Gasteiger charge is -2.03. The first kappa shape index (κ1) is 13.1. The molecular weight excluding hydrogens is 288 g/mol. The summed E-state index contributed by atoms with van der Waals surface area (Å²) in [5.41, 5.74) is 1.74. The van der Waals surface area contributed by atoms with E-state index in [9.17, 15) is 4.79 Å². The van der Waals surface area contributed by atoms with Crippen LogP contribution in [0.2, 0.25) is 0 Å². The van der Waals surface area contributed by atoms with Gasteiger partial charge in [-0.05, 0) is 12.1 Å². The van der Waals surface area contributed by atoms with Crippen LogP contribution in [0, 0.1) is 0 Å². The molecule has 3 aromatic heterocycles. The van der Waals surface area contributed by atoms with E-state index in [0.29, 0.717) is 10.9 Å². The molecule has 0 aliphatic rings. The maximum atomic E-state index is 11.8. The van der Waals surface area contributed by atoms with Crippen molar-refractivity contribution in [1.29, 1.82) is 0 Å². The lowest BCUT2D eigenvalue weighted by Crippen LogP contribution is -2.20. The van der Waals surface area contributed by atoms with Crippen LogP contribution in [0.25, 0.3) is 11.3 Å². The summed E-state index contributed by atoms with van der Waals surface area (Å²) in [4.78, 5) is 27.9. The Bertz CT molecular complexity index is 731. The fourth-order valence-corrected chi connectivity index (χ4v) is 2.31. The molecule has 0 saturated heterocycles. The van der Waals surface area contributed by atoms with Crippen LogP contribution in [0.5, 0.6) is 0 Å². The molecule has 0 aliphatic heterocycles. The number of rotatable bonds is 3. The molecular formula is C13H10N6OS. The highest BCUT2D eigenvalue weighted by molar-refractivity contribution is 7.14. The van der Waals surface area contributed by atoms with E-state index >= 15 is 0 Å². The predicted octanol–water partition coefficient (Wildman–Crippen LogP) is 2.64. The van der Waals surface area contributed by atoms with E-state index in [2.05, 4.69) is 30.6 Å². The molecule has 0 unspecified atom stereocenters. The molecule has 0 fully saturated rings. The number of hydrogen-bond acceptors (Lipinski definition) is 6. The van der Waals surface area contributed by atoms with Crippen LogP contribution in [0.15, 0.2) is 48.5 Å². The number of anilines is 2. The quantitative estimate of drug-likeness (QED) is 0.775. The Hall–Kier alpha value is -2.87. The number of hydrogen-bond donors (Lipinski definition) is 2. The molecule has 0 aliphatic carbocycles. The highest BCUT2D eigenvalue weighted by atomic mass is 32.1. The van der Waals surface area contributed by atoms with E-state index in [1.54, 1.807) is 12.4 Å². The fraction of sp³-hybridized carbons (Fsp3) is 0. The molecule has 2 N–H and O–H groups in total. The number of aromatic nitrogens is 4. The number of amides is 2. The molecule has 0 atom stereocenters. The first-order valence-corrected chi connectivity index (χ1v) is 6.89. The second-order valence-corrected chi connectivity index (χ2v) is 4.80. The SMILES string of the molecule is O=C(Nc1cnccn1)Nc1nc(-c2ccncc2)cs1. The molecule has 8 heteroatoms. The first-order valence-electron chi connectivity index (χ1n) is 6.01. The summed E-state index contributed by atoms with van der Waals surface area (Å²) < 4.78 is 0. The van der Waals surface area contributed by atoms with Gasteiger partial charge >= 0.3 is 6.03 Å². The van der Waals surface area contributed by atoms with Crippen molar-refractivity contribution >= 4 is 28.3 Å². The van der Waals surface area contributed by atoms with Crippen molar-refractivity contribution in [3.63, 3.8) is 0 Å². The summed E-state index contributed by atoms with van der Waals surface area (Å²) in [6.45, 7) is 0. The van der Waals surface area contributed by atoms with E-state index < -0.39 is 6.03 Å². The van der Waals surface area contributed by atoms with Crippen molar-refractivity contribution in [2.24, 2.45) is 0 Å². The normalized spacial score (nSPS) is 10.1. The standard InChI is InChI=1S/C13H10N6OS/c20-12(18-11-7-15-5-6-16-11)19-13-17-10(8-21-13)9-1-3-14-4-2-9/h1-8H,(H2,16,17,18,19,20). The summed E-state index contributed by atoms with van der Waals surface area (Å²) >= 11 is 1.34. The minimum Gasteiger partial charge on any atom is -0.291 e. The molecule has 0 radical (unpaired) electrons. The van der Waals surface area contributed by atoms with Crippen LogP contribution in [0.4, 0.5) is 15.7 Å². The van der Waals surface area contributed by atoms with Crippen molar-refractivity contribution in [2.45, 2.75) is 0 Å². The number of thiazole rings is 1. The van der Waals surface area contributed by atoms with Crippen molar-refractivity contribution in [3.8, 4) is 11.3 Å². The molecule has 21 heavy (non-hydrogen) atoms. The smallest absolute Gasteiger partial charge is 0.291 e. The van der Waals surface area contributed by atoms with Gasteiger partial charge in [0.25, 0.3) is 0 Å². The van der Waals surface area contributed by atoms with Crippen LogP contribution < -0.4 is 10.6 Å². The summed E-state index contributed by atoms with van der Waals surface area (Å²) in [5, 5.41) is 7.60. The topological polar surface area (TPSA) is 92.7 Å². The number of nitrogens with one attached hydrogen (secondary N) is 2. The predicted molar refractivity (Wildman–Crippen MR) is 80.0 cm³/mol. The van der Waals surface area contributed by atoms with Crippen LogP contribution >= 0.6 is 11.3 Å². The maximum Gasteiger partial charge on any atom is 0.326 e. The van der Waals surface area contributed by atoms with Gasteiger partial charge in [0.05, 0.1) is 11.9 Å². The van der Waals surface area contributed by atoms with E-state index in [1.807, 2.05) is 17.5 Å². The monoisotopic (exact) mass is 298 g/mol. The lowest BCUT2D eigenvalue weighted by atomic mass is 10.2. The Balaban J connectivity index is 1.66. The zero-order valence-corrected chi connectivity index (χ0v) is 11.5. The van der Waals surface area contributed by atoms with Gasteiger partial charge in [0.1, 0.15) is 0 Å². The largest absolute Gasteiger partial charge is 0.326 e. The summed E-state index contributed by atoms with van der Waals surface area (Å²) in [5.74, 6) is 0.376. The van der Waals surface area contributed by atoms with Crippen LogP contribution in [0.3, 0.4) is 0 Å². The number of carbonyl (C=O) groups excluding carboxylic acids is 1. The van der Waals surface area contributed by atoms with Gasteiger partial charge in [-0.15, -0.1) is 11.3 Å². The van der Waals surface area contributed by atoms with Gasteiger partial charge in [0.2, 0.25) is 0 Å². The van der Waals surface area contributed by atoms with Gasteiger partial charge < -0.3 is 0 Å². The Kier molecular flexibility index (Phi) is 3.79. The highest BCUT2D eigenvalue weighted by Crippen LogP contribution is 2.24. The third kappa shape index (κ3) is 3.37. The number of carbonyl (C=O) groups is 1. The van der Waals surface area contributed by atoms with Gasteiger partial charge in [0.15, 0.2) is 10.9 Å². The van der Waals surface area contributed by atoms with E-state index in [1.165, 1.54) is 29.9 Å². The van der Waals surface area contributed by atoms with Crippen molar-refractivity contribution in [1.82, 2.24) is 19.9 Å². The zero-order valence-electron chi connectivity index (χ0n) is 10.7. The fourth-order valence-electron chi connectivity index (χ4n) is 1.59. The Morgan fingerprint density at radius 2 is 1.90 bits per heavy atom. The number of urea groups is 1. The van der Waals surface area contributed by atoms with E-state index in [-0.39, 0.29) is 0 Å². The molecule has 0 aromatic carbocycles. The molecule has 7 nitrogen and oxygen atoms in total. The first-order chi connectivity index (χ1) is 10.3. The van der Waals surface area contributed by atoms with E-state index in [4.69, 9.17) is 0 Å². The van der Waals surface area contributed by atoms with Crippen molar-refractivity contribution < 1.29 is 4.79 Å². The molecule has 0 bridgehead atoms. The molecule has 0 spiro atoms. The van der Waals surface area contributed by atoms with Gasteiger partial charge in [-0.3, -0.25) is 20.6 Å². The minimum absolute atomic E-state index is 0.376. The van der Waals surface area contributed by atoms with Crippen LogP contribution in [-0.4, -0.2) is 26.0 Å². The van der Waals surface area contributed by atoms with Gasteiger partial charge in [0, 0.05) is 35.7 Å². The third-order valence-electron chi connectivity index (χ3n) is 2.51. The molecule has 3 aromatic rings. The molecule has 2 amide bonds. The van der Waals surface area contributed by atoms with Gasteiger partial charge in [-0.1, -0.05) is 0 Å². The Morgan fingerprint density at radius 3 is 2.67 bits per heavy atom. The van der Waals surface area contributed by atoms with Gasteiger partial charge in [-0.25, -0.2) is 14.8 Å². The Morgan fingerprint density at radius 1 is 1.05 bits per heavy atom. The van der Waals surface area contributed by atoms with Gasteiger partial charge in [-0.2, -0.15) is 0 Å². The van der Waals surface area contributed by atoms with Crippen LogP contribution in [0.1, 0.15) is 0 Å². The number of pyridine rings is 1. The average molecular weight is 298 g/mol. The highest BCUT2D eigenvalue weighted by Gasteiger charge is 2.08. The summed E-state index contributed by atoms with van der Waals surface area (Å²) in [6.07, 6.45) is 7.89. The Labute approximate surface area is 124 Å². The molecule has 0 saturated carbocycles. The zero-order chi connectivity index (χ0) is 14.5. The van der Waals surface area contributed by atoms with Crippen LogP contribution in [-0.2, 0) is 0 Å². The second-order valence-electron chi connectivity index (χ2n) is 3.94. The van der Waals surface area contributed by atoms with E-state index in [0.717, 1.165) is 11.3 Å². The molecule has 3 heterocycles. The minimum atomic E-state index is -0.411. The maximum absolute atomic E-state index is 11.8. The van der Waals surface area contributed by atoms with Crippen molar-refractivity contribution in [3.05, 3.63) is 48.5 Å². The number of nitrogens with zero attached hydrogens (tertiary/aromatic N) is 4. The second kappa shape index (κ2) is 6.06. The lowest BCUT2D eigenvalue weighted by molar-refractivity contribution is 0.262. The molecule has 3 rings (SSSR count).